The van der Waals surface area contributed by atoms with E-state index < -0.39 is 0 Å². The minimum absolute atomic E-state index is 0.714. The van der Waals surface area contributed by atoms with Gasteiger partial charge in [0.05, 0.1) is 0 Å². The smallest absolute Gasteiger partial charge is 0.0217 e. The fourth-order valence-corrected chi connectivity index (χ4v) is 2.85. The summed E-state index contributed by atoms with van der Waals surface area (Å²) in [6, 6.07) is 0.714. The van der Waals surface area contributed by atoms with Crippen molar-refractivity contribution in [3.05, 3.63) is 0 Å². The van der Waals surface area contributed by atoms with Crippen LogP contribution in [0.25, 0.3) is 0 Å². The Morgan fingerprint density at radius 1 is 1.41 bits per heavy atom. The maximum atomic E-state index is 3.50. The molecule has 1 aliphatic heterocycles. The van der Waals surface area contributed by atoms with Crippen LogP contribution in [0.4, 0.5) is 0 Å². The lowest BCUT2D eigenvalue weighted by molar-refractivity contribution is 0.192. The standard InChI is InChI=1S/C14H31N3/c1-5-7-14(10-15-6-2)17(4)12-13-8-9-16(3)11-13/h13-15H,5-12H2,1-4H3. The molecule has 0 saturated carbocycles. The van der Waals surface area contributed by atoms with Gasteiger partial charge in [0.1, 0.15) is 0 Å². The van der Waals surface area contributed by atoms with Gasteiger partial charge in [-0.25, -0.2) is 0 Å². The van der Waals surface area contributed by atoms with Gasteiger partial charge in [-0.05, 0) is 45.9 Å². The van der Waals surface area contributed by atoms with E-state index in [9.17, 15) is 0 Å². The molecule has 0 aliphatic carbocycles. The Bertz CT molecular complexity index is 196. The van der Waals surface area contributed by atoms with Gasteiger partial charge in [-0.15, -0.1) is 0 Å². The minimum atomic E-state index is 0.714. The molecule has 0 spiro atoms. The molecule has 0 aromatic carbocycles. The molecule has 2 unspecified atom stereocenters. The van der Waals surface area contributed by atoms with Gasteiger partial charge in [-0.2, -0.15) is 0 Å². The lowest BCUT2D eigenvalue weighted by atomic mass is 10.1. The minimum Gasteiger partial charge on any atom is -0.315 e. The van der Waals surface area contributed by atoms with Crippen molar-refractivity contribution in [3.8, 4) is 0 Å². The van der Waals surface area contributed by atoms with Crippen LogP contribution in [0.15, 0.2) is 0 Å². The molecular formula is C14H31N3. The van der Waals surface area contributed by atoms with Gasteiger partial charge in [0.25, 0.3) is 0 Å². The summed E-state index contributed by atoms with van der Waals surface area (Å²) in [5, 5.41) is 3.50. The average Bonchev–Trinajstić information content (AvgIpc) is 2.70. The molecule has 2 atom stereocenters. The van der Waals surface area contributed by atoms with Crippen molar-refractivity contribution in [1.29, 1.82) is 0 Å². The van der Waals surface area contributed by atoms with Crippen molar-refractivity contribution < 1.29 is 0 Å². The summed E-state index contributed by atoms with van der Waals surface area (Å²) >= 11 is 0. The zero-order valence-electron chi connectivity index (χ0n) is 12.2. The third-order valence-corrected chi connectivity index (χ3v) is 3.91. The summed E-state index contributed by atoms with van der Waals surface area (Å²) in [4.78, 5) is 5.04. The van der Waals surface area contributed by atoms with Gasteiger partial charge >= 0.3 is 0 Å². The summed E-state index contributed by atoms with van der Waals surface area (Å²) in [5.74, 6) is 0.881. The summed E-state index contributed by atoms with van der Waals surface area (Å²) in [7, 11) is 4.54. The van der Waals surface area contributed by atoms with Gasteiger partial charge in [0, 0.05) is 25.7 Å². The predicted octanol–water partition coefficient (Wildman–Crippen LogP) is 1.65. The predicted molar refractivity (Wildman–Crippen MR) is 75.5 cm³/mol. The fourth-order valence-electron chi connectivity index (χ4n) is 2.85. The van der Waals surface area contributed by atoms with Gasteiger partial charge in [0.2, 0.25) is 0 Å². The molecule has 0 bridgehead atoms. The Morgan fingerprint density at radius 3 is 2.71 bits per heavy atom. The van der Waals surface area contributed by atoms with E-state index in [1.54, 1.807) is 0 Å². The van der Waals surface area contributed by atoms with Crippen LogP contribution in [0.5, 0.6) is 0 Å². The van der Waals surface area contributed by atoms with E-state index in [-0.39, 0.29) is 0 Å². The molecule has 3 heteroatoms. The molecule has 3 nitrogen and oxygen atoms in total. The number of hydrogen-bond donors (Lipinski definition) is 1. The molecule has 0 radical (unpaired) electrons. The van der Waals surface area contributed by atoms with Crippen molar-refractivity contribution in [2.24, 2.45) is 5.92 Å². The van der Waals surface area contributed by atoms with Crippen molar-refractivity contribution in [2.75, 3.05) is 46.8 Å². The number of rotatable bonds is 8. The van der Waals surface area contributed by atoms with Crippen LogP contribution in [0.2, 0.25) is 0 Å². The van der Waals surface area contributed by atoms with E-state index in [1.165, 1.54) is 38.9 Å². The highest BCUT2D eigenvalue weighted by Gasteiger charge is 2.23. The maximum absolute atomic E-state index is 3.50. The lowest BCUT2D eigenvalue weighted by Gasteiger charge is -2.30. The van der Waals surface area contributed by atoms with Crippen LogP contribution in [0.3, 0.4) is 0 Å². The maximum Gasteiger partial charge on any atom is 0.0217 e. The molecule has 1 heterocycles. The largest absolute Gasteiger partial charge is 0.315 e. The summed E-state index contributed by atoms with van der Waals surface area (Å²) in [5.41, 5.74) is 0. The molecule has 1 N–H and O–H groups in total. The zero-order valence-corrected chi connectivity index (χ0v) is 12.2. The number of hydrogen-bond acceptors (Lipinski definition) is 3. The first-order valence-corrected chi connectivity index (χ1v) is 7.26. The quantitative estimate of drug-likeness (QED) is 0.697. The SMILES string of the molecule is CCCC(CNCC)N(C)CC1CCN(C)C1. The topological polar surface area (TPSA) is 18.5 Å². The second kappa shape index (κ2) is 8.06. The second-order valence-electron chi connectivity index (χ2n) is 5.61. The monoisotopic (exact) mass is 241 g/mol. The molecule has 1 saturated heterocycles. The van der Waals surface area contributed by atoms with Gasteiger partial charge in [-0.1, -0.05) is 20.3 Å². The van der Waals surface area contributed by atoms with Crippen LogP contribution in [-0.2, 0) is 0 Å². The van der Waals surface area contributed by atoms with Crippen LogP contribution >= 0.6 is 0 Å². The Balaban J connectivity index is 2.32. The van der Waals surface area contributed by atoms with E-state index in [2.05, 4.69) is 43.1 Å². The molecule has 0 amide bonds. The van der Waals surface area contributed by atoms with Gasteiger partial charge in [-0.3, -0.25) is 0 Å². The van der Waals surface area contributed by atoms with Crippen molar-refractivity contribution in [1.82, 2.24) is 15.1 Å². The first kappa shape index (κ1) is 14.9. The number of nitrogens with zero attached hydrogens (tertiary/aromatic N) is 2. The van der Waals surface area contributed by atoms with Crippen LogP contribution in [-0.4, -0.2) is 62.7 Å². The first-order valence-electron chi connectivity index (χ1n) is 7.26. The average molecular weight is 241 g/mol. The van der Waals surface area contributed by atoms with E-state index in [0.717, 1.165) is 19.0 Å². The van der Waals surface area contributed by atoms with Gasteiger partial charge in [0.15, 0.2) is 0 Å². The molecule has 1 fully saturated rings. The Hall–Kier alpha value is -0.120. The summed E-state index contributed by atoms with van der Waals surface area (Å²) in [6.45, 7) is 10.5. The highest BCUT2D eigenvalue weighted by Crippen LogP contribution is 2.17. The van der Waals surface area contributed by atoms with Crippen LogP contribution in [0, 0.1) is 5.92 Å². The molecule has 17 heavy (non-hydrogen) atoms. The van der Waals surface area contributed by atoms with Crippen molar-refractivity contribution >= 4 is 0 Å². The highest BCUT2D eigenvalue weighted by molar-refractivity contribution is 4.79. The Labute approximate surface area is 108 Å². The van der Waals surface area contributed by atoms with Crippen LogP contribution < -0.4 is 5.32 Å². The zero-order chi connectivity index (χ0) is 12.7. The summed E-state index contributed by atoms with van der Waals surface area (Å²) < 4.78 is 0. The third kappa shape index (κ3) is 5.36. The van der Waals surface area contributed by atoms with Crippen molar-refractivity contribution in [3.63, 3.8) is 0 Å². The number of nitrogens with one attached hydrogen (secondary N) is 1. The Morgan fingerprint density at radius 2 is 2.18 bits per heavy atom. The fraction of sp³-hybridized carbons (Fsp3) is 1.00. The third-order valence-electron chi connectivity index (χ3n) is 3.91. The molecule has 102 valence electrons. The van der Waals surface area contributed by atoms with E-state index in [0.29, 0.717) is 6.04 Å². The Kier molecular flexibility index (Phi) is 7.09. The molecule has 1 aliphatic rings. The molecule has 0 aromatic rings. The summed E-state index contributed by atoms with van der Waals surface area (Å²) in [6.07, 6.45) is 3.97. The van der Waals surface area contributed by atoms with E-state index in [4.69, 9.17) is 0 Å². The second-order valence-corrected chi connectivity index (χ2v) is 5.61. The van der Waals surface area contributed by atoms with E-state index in [1.807, 2.05) is 0 Å². The first-order chi connectivity index (χ1) is 8.17. The van der Waals surface area contributed by atoms with E-state index >= 15 is 0 Å². The molecular weight excluding hydrogens is 210 g/mol. The lowest BCUT2D eigenvalue weighted by Crippen LogP contribution is -2.42. The van der Waals surface area contributed by atoms with Crippen LogP contribution in [0.1, 0.15) is 33.1 Å². The highest BCUT2D eigenvalue weighted by atomic mass is 15.2. The number of likely N-dealkylation sites (tertiary alicyclic amines) is 1. The normalized spacial score (nSPS) is 23.5. The number of likely N-dealkylation sites (N-methyl/N-ethyl adjacent to an activating group) is 2. The molecule has 0 aromatic heterocycles. The van der Waals surface area contributed by atoms with Gasteiger partial charge < -0.3 is 15.1 Å². The van der Waals surface area contributed by atoms with Crippen molar-refractivity contribution in [2.45, 2.75) is 39.2 Å². The molecule has 1 rings (SSSR count).